The van der Waals surface area contributed by atoms with E-state index in [4.69, 9.17) is 10.7 Å². The van der Waals surface area contributed by atoms with Crippen LogP contribution in [-0.4, -0.2) is 30.8 Å². The molecule has 2 heterocycles. The third kappa shape index (κ3) is 7.35. The van der Waals surface area contributed by atoms with Crippen molar-refractivity contribution in [1.29, 1.82) is 0 Å². The predicted octanol–water partition coefficient (Wildman–Crippen LogP) is 8.01. The van der Waals surface area contributed by atoms with E-state index in [0.717, 1.165) is 48.0 Å². The zero-order valence-electron chi connectivity index (χ0n) is 24.4. The van der Waals surface area contributed by atoms with Gasteiger partial charge in [0.1, 0.15) is 5.82 Å². The number of nitrogens with two attached hydrogens (primary N) is 1. The van der Waals surface area contributed by atoms with Gasteiger partial charge in [0.25, 0.3) is 0 Å². The Labute approximate surface area is 245 Å². The maximum atomic E-state index is 5.57. The number of pyridine rings is 1. The molecule has 1 aromatic heterocycles. The first-order chi connectivity index (χ1) is 20.1. The number of benzene rings is 2. The van der Waals surface area contributed by atoms with E-state index in [9.17, 15) is 0 Å². The van der Waals surface area contributed by atoms with Gasteiger partial charge in [0.15, 0.2) is 0 Å². The third-order valence-electron chi connectivity index (χ3n) is 8.38. The van der Waals surface area contributed by atoms with Crippen LogP contribution in [0.5, 0.6) is 0 Å². The fourth-order valence-electron chi connectivity index (χ4n) is 5.97. The van der Waals surface area contributed by atoms with Crippen molar-refractivity contribution < 1.29 is 0 Å². The zero-order valence-corrected chi connectivity index (χ0v) is 24.4. The first-order valence-electron chi connectivity index (χ1n) is 15.0. The van der Waals surface area contributed by atoms with Gasteiger partial charge < -0.3 is 15.5 Å². The van der Waals surface area contributed by atoms with E-state index in [1.165, 1.54) is 68.0 Å². The monoisotopic (exact) mass is 545 g/mol. The molecule has 1 saturated carbocycles. The van der Waals surface area contributed by atoms with Gasteiger partial charge in [-0.25, -0.2) is 4.98 Å². The number of nitrogens with zero attached hydrogens (tertiary/aromatic N) is 4. The van der Waals surface area contributed by atoms with E-state index in [0.29, 0.717) is 5.92 Å². The van der Waals surface area contributed by atoms with E-state index in [1.54, 1.807) is 13.1 Å². The molecule has 1 aliphatic heterocycles. The molecule has 41 heavy (non-hydrogen) atoms. The lowest BCUT2D eigenvalue weighted by Crippen LogP contribution is -2.27. The predicted molar refractivity (Wildman–Crippen MR) is 175 cm³/mol. The fraction of sp³-hybridized carbons (Fsp3) is 0.333. The summed E-state index contributed by atoms with van der Waals surface area (Å²) in [6.07, 6.45) is 18.3. The van der Waals surface area contributed by atoms with Gasteiger partial charge in [-0.05, 0) is 90.9 Å². The number of hydrogen-bond acceptors (Lipinski definition) is 5. The van der Waals surface area contributed by atoms with Crippen LogP contribution in [0.25, 0.3) is 17.2 Å². The summed E-state index contributed by atoms with van der Waals surface area (Å²) in [4.78, 5) is 13.8. The summed E-state index contributed by atoms with van der Waals surface area (Å²) < 4.78 is 0. The van der Waals surface area contributed by atoms with Crippen molar-refractivity contribution in [1.82, 2.24) is 4.98 Å². The second-order valence-corrected chi connectivity index (χ2v) is 11.1. The smallest absolute Gasteiger partial charge is 0.128 e. The van der Waals surface area contributed by atoms with Crippen LogP contribution in [0.1, 0.15) is 56.1 Å². The Morgan fingerprint density at radius 3 is 2.41 bits per heavy atom. The molecule has 0 amide bonds. The number of rotatable bonds is 10. The normalized spacial score (nSPS) is 16.6. The average Bonchev–Trinajstić information content (AvgIpc) is 3.58. The van der Waals surface area contributed by atoms with Gasteiger partial charge >= 0.3 is 0 Å². The summed E-state index contributed by atoms with van der Waals surface area (Å²) in [6.45, 7) is 7.66. The van der Waals surface area contributed by atoms with Crippen molar-refractivity contribution in [3.8, 4) is 11.1 Å². The minimum Gasteiger partial charge on any atom is -0.405 e. The van der Waals surface area contributed by atoms with Crippen LogP contribution in [0, 0.1) is 5.92 Å². The van der Waals surface area contributed by atoms with E-state index in [1.807, 2.05) is 12.3 Å². The molecule has 0 unspecified atom stereocenters. The molecule has 1 aliphatic carbocycles. The molecule has 2 aliphatic rings. The Kier molecular flexibility index (Phi) is 9.69. The lowest BCUT2D eigenvalue weighted by molar-refractivity contribution is 0.396. The molecule has 2 fully saturated rings. The topological polar surface area (TPSA) is 57.8 Å². The first-order valence-corrected chi connectivity index (χ1v) is 15.0. The Hall–Kier alpha value is -4.12. The highest BCUT2D eigenvalue weighted by molar-refractivity contribution is 6.06. The maximum absolute atomic E-state index is 5.57. The molecule has 2 N–H and O–H groups in total. The minimum absolute atomic E-state index is 0.524. The largest absolute Gasteiger partial charge is 0.405 e. The summed E-state index contributed by atoms with van der Waals surface area (Å²) in [5.41, 5.74) is 13.5. The van der Waals surface area contributed by atoms with Crippen LogP contribution in [0.15, 0.2) is 102 Å². The summed E-state index contributed by atoms with van der Waals surface area (Å²) in [5.74, 6) is 1.61. The molecule has 5 heteroatoms. The van der Waals surface area contributed by atoms with Crippen LogP contribution in [0.2, 0.25) is 0 Å². The summed E-state index contributed by atoms with van der Waals surface area (Å²) in [5, 5.41) is 0. The van der Waals surface area contributed by atoms with Crippen LogP contribution >= 0.6 is 0 Å². The Bertz CT molecular complexity index is 1370. The number of anilines is 2. The second kappa shape index (κ2) is 14.0. The molecular weight excluding hydrogens is 502 g/mol. The average molecular weight is 546 g/mol. The number of aromatic nitrogens is 1. The molecule has 212 valence electrons. The molecule has 1 saturated heterocycles. The Morgan fingerprint density at radius 2 is 1.73 bits per heavy atom. The first kappa shape index (κ1) is 28.4. The minimum atomic E-state index is 0.524. The van der Waals surface area contributed by atoms with Crippen LogP contribution < -0.4 is 15.5 Å². The molecular formula is C36H43N5. The third-order valence-corrected chi connectivity index (χ3v) is 8.38. The van der Waals surface area contributed by atoms with E-state index in [-0.39, 0.29) is 0 Å². The van der Waals surface area contributed by atoms with E-state index in [2.05, 4.69) is 88.1 Å². The number of hydrogen-bond donors (Lipinski definition) is 1. The summed E-state index contributed by atoms with van der Waals surface area (Å²) in [7, 11) is 1.78. The van der Waals surface area contributed by atoms with Gasteiger partial charge in [-0.3, -0.25) is 4.99 Å². The highest BCUT2D eigenvalue weighted by atomic mass is 15.2. The van der Waals surface area contributed by atoms with Crippen molar-refractivity contribution in [3.05, 3.63) is 109 Å². The lowest BCUT2D eigenvalue weighted by Gasteiger charge is -2.34. The Balaban J connectivity index is 1.36. The Morgan fingerprint density at radius 1 is 0.976 bits per heavy atom. The zero-order chi connectivity index (χ0) is 28.4. The second-order valence-electron chi connectivity index (χ2n) is 11.1. The van der Waals surface area contributed by atoms with Crippen LogP contribution in [-0.2, 0) is 6.54 Å². The molecule has 0 spiro atoms. The number of allylic oxidation sites excluding steroid dienone is 3. The van der Waals surface area contributed by atoms with Crippen LogP contribution in [0.4, 0.5) is 11.5 Å². The molecule has 0 bridgehead atoms. The summed E-state index contributed by atoms with van der Waals surface area (Å²) in [6, 6.07) is 22.0. The summed E-state index contributed by atoms with van der Waals surface area (Å²) >= 11 is 0. The van der Waals surface area contributed by atoms with E-state index < -0.39 is 0 Å². The van der Waals surface area contributed by atoms with Gasteiger partial charge in [0.05, 0.1) is 5.71 Å². The lowest BCUT2D eigenvalue weighted by atomic mass is 9.86. The van der Waals surface area contributed by atoms with Gasteiger partial charge in [-0.1, -0.05) is 68.3 Å². The van der Waals surface area contributed by atoms with Crippen molar-refractivity contribution in [2.75, 3.05) is 29.9 Å². The highest BCUT2D eigenvalue weighted by Gasteiger charge is 2.22. The van der Waals surface area contributed by atoms with Crippen molar-refractivity contribution >= 4 is 23.3 Å². The fourth-order valence-corrected chi connectivity index (χ4v) is 5.97. The van der Waals surface area contributed by atoms with Gasteiger partial charge in [-0.15, -0.1) is 0 Å². The van der Waals surface area contributed by atoms with E-state index >= 15 is 0 Å². The van der Waals surface area contributed by atoms with Gasteiger partial charge in [-0.2, -0.15) is 0 Å². The molecule has 3 aromatic rings. The number of aliphatic imine (C=N–C) groups is 1. The van der Waals surface area contributed by atoms with Crippen molar-refractivity contribution in [3.63, 3.8) is 0 Å². The highest BCUT2D eigenvalue weighted by Crippen LogP contribution is 2.35. The standard InChI is InChI=1S/C36H43N5/c1-28(31-10-4-3-5-11-31)41(35-12-8-9-29(25-35)15-19-34(38-2)21-22-37)27-30-13-16-32(17-14-30)33-18-20-36(39-26-33)40-23-6-7-24-40/h8-9,12-22,25-26,31H,1,3-7,10-11,23-24,27,37H2,2H3/b19-15+,22-21?,38-34?. The van der Waals surface area contributed by atoms with Crippen molar-refractivity contribution in [2.45, 2.75) is 51.5 Å². The van der Waals surface area contributed by atoms with Gasteiger partial charge in [0, 0.05) is 49.8 Å². The van der Waals surface area contributed by atoms with Crippen LogP contribution in [0.3, 0.4) is 0 Å². The maximum Gasteiger partial charge on any atom is 0.128 e. The molecule has 0 radical (unpaired) electrons. The van der Waals surface area contributed by atoms with Crippen molar-refractivity contribution in [2.24, 2.45) is 16.6 Å². The quantitative estimate of drug-likeness (QED) is 0.262. The van der Waals surface area contributed by atoms with Gasteiger partial charge in [0.2, 0.25) is 0 Å². The molecule has 5 nitrogen and oxygen atoms in total. The molecule has 5 rings (SSSR count). The SMILES string of the molecule is C=C(C1CCCCC1)N(Cc1ccc(-c2ccc(N3CCCC3)nc2)cc1)c1cccc(/C=C/C(C=CN)=NC)c1. The molecule has 0 atom stereocenters. The molecule has 2 aromatic carbocycles.